The molecule has 0 bridgehead atoms. The van der Waals surface area contributed by atoms with Gasteiger partial charge in [-0.25, -0.2) is 0 Å². The number of thiocarbonyl (C=S) groups is 1. The van der Waals surface area contributed by atoms with Crippen molar-refractivity contribution in [1.29, 1.82) is 0 Å². The minimum absolute atomic E-state index is 0.0753. The summed E-state index contributed by atoms with van der Waals surface area (Å²) < 4.78 is 0. The van der Waals surface area contributed by atoms with Crippen LogP contribution in [0.15, 0.2) is 0 Å². The summed E-state index contributed by atoms with van der Waals surface area (Å²) in [4.78, 5) is 10.8. The van der Waals surface area contributed by atoms with Crippen molar-refractivity contribution in [2.75, 3.05) is 20.1 Å². The summed E-state index contributed by atoms with van der Waals surface area (Å²) in [6, 6.07) is 0. The molecule has 0 atom stereocenters. The highest BCUT2D eigenvalue weighted by Gasteiger charge is 1.99. The first-order valence-corrected chi connectivity index (χ1v) is 4.69. The normalized spacial score (nSPS) is 9.54. The summed E-state index contributed by atoms with van der Waals surface area (Å²) in [5.74, 6) is 0.466. The Kier molecular flexibility index (Phi) is 6.22. The number of hydrogen-bond donors (Lipinski definition) is 3. The molecule has 0 aromatic rings. The van der Waals surface area contributed by atoms with Crippen LogP contribution in [0.2, 0.25) is 0 Å². The quantitative estimate of drug-likeness (QED) is 0.556. The molecule has 0 aliphatic rings. The van der Waals surface area contributed by atoms with Gasteiger partial charge in [-0.1, -0.05) is 13.8 Å². The van der Waals surface area contributed by atoms with E-state index in [0.717, 1.165) is 6.54 Å². The molecule has 0 heterocycles. The molecular formula is C8H17N3OS. The van der Waals surface area contributed by atoms with Gasteiger partial charge in [-0.15, -0.1) is 0 Å². The fourth-order valence-electron chi connectivity index (χ4n) is 0.608. The van der Waals surface area contributed by atoms with E-state index in [1.165, 1.54) is 0 Å². The number of likely N-dealkylation sites (N-methyl/N-ethyl adjacent to an activating group) is 1. The maximum atomic E-state index is 10.8. The molecule has 0 aromatic heterocycles. The van der Waals surface area contributed by atoms with Crippen molar-refractivity contribution >= 4 is 23.2 Å². The fourth-order valence-corrected chi connectivity index (χ4v) is 0.764. The largest absolute Gasteiger partial charge is 0.362 e. The molecule has 0 saturated heterocycles. The predicted molar refractivity (Wildman–Crippen MR) is 57.5 cm³/mol. The monoisotopic (exact) mass is 203 g/mol. The first-order chi connectivity index (χ1) is 6.06. The maximum Gasteiger partial charge on any atom is 0.239 e. The van der Waals surface area contributed by atoms with Gasteiger partial charge in [0.2, 0.25) is 5.91 Å². The molecule has 0 fully saturated rings. The van der Waals surface area contributed by atoms with Crippen molar-refractivity contribution in [3.05, 3.63) is 0 Å². The third-order valence-electron chi connectivity index (χ3n) is 1.36. The van der Waals surface area contributed by atoms with Crippen LogP contribution >= 0.6 is 12.2 Å². The molecule has 0 saturated carbocycles. The van der Waals surface area contributed by atoms with Crippen molar-refractivity contribution in [3.8, 4) is 0 Å². The Hall–Kier alpha value is -0.840. The van der Waals surface area contributed by atoms with Gasteiger partial charge in [0.1, 0.15) is 0 Å². The van der Waals surface area contributed by atoms with Crippen molar-refractivity contribution in [2.45, 2.75) is 13.8 Å². The summed E-state index contributed by atoms with van der Waals surface area (Å²) >= 11 is 4.94. The number of carbonyl (C=O) groups is 1. The molecule has 13 heavy (non-hydrogen) atoms. The van der Waals surface area contributed by atoms with Gasteiger partial charge in [0.05, 0.1) is 6.54 Å². The van der Waals surface area contributed by atoms with E-state index in [0.29, 0.717) is 11.0 Å². The van der Waals surface area contributed by atoms with Crippen molar-refractivity contribution < 1.29 is 4.79 Å². The van der Waals surface area contributed by atoms with E-state index < -0.39 is 0 Å². The van der Waals surface area contributed by atoms with Crippen LogP contribution < -0.4 is 16.0 Å². The maximum absolute atomic E-state index is 10.8. The predicted octanol–water partition coefficient (Wildman–Crippen LogP) is -0.147. The lowest BCUT2D eigenvalue weighted by Gasteiger charge is -2.11. The average molecular weight is 203 g/mol. The van der Waals surface area contributed by atoms with Gasteiger partial charge in [0.15, 0.2) is 5.11 Å². The summed E-state index contributed by atoms with van der Waals surface area (Å²) in [7, 11) is 1.59. The first kappa shape index (κ1) is 12.2. The van der Waals surface area contributed by atoms with E-state index in [9.17, 15) is 4.79 Å². The van der Waals surface area contributed by atoms with Crippen LogP contribution in [0.5, 0.6) is 0 Å². The molecule has 4 nitrogen and oxygen atoms in total. The number of carbonyl (C=O) groups excluding carboxylic acids is 1. The highest BCUT2D eigenvalue weighted by molar-refractivity contribution is 7.80. The van der Waals surface area contributed by atoms with Gasteiger partial charge in [-0.05, 0) is 18.1 Å². The molecule has 0 rings (SSSR count). The molecular weight excluding hydrogens is 186 g/mol. The molecule has 3 N–H and O–H groups in total. The number of nitrogens with one attached hydrogen (secondary N) is 3. The molecule has 0 aliphatic heterocycles. The second kappa shape index (κ2) is 6.65. The van der Waals surface area contributed by atoms with E-state index in [1.807, 2.05) is 0 Å². The summed E-state index contributed by atoms with van der Waals surface area (Å²) in [6.45, 7) is 5.22. The smallest absolute Gasteiger partial charge is 0.239 e. The lowest BCUT2D eigenvalue weighted by molar-refractivity contribution is -0.119. The van der Waals surface area contributed by atoms with Gasteiger partial charge < -0.3 is 16.0 Å². The van der Waals surface area contributed by atoms with Gasteiger partial charge in [0.25, 0.3) is 0 Å². The van der Waals surface area contributed by atoms with Crippen molar-refractivity contribution in [1.82, 2.24) is 16.0 Å². The average Bonchev–Trinajstić information content (AvgIpc) is 2.10. The second-order valence-corrected chi connectivity index (χ2v) is 3.54. The van der Waals surface area contributed by atoms with Crippen LogP contribution in [-0.4, -0.2) is 31.2 Å². The molecule has 1 amide bonds. The Morgan fingerprint density at radius 2 is 2.00 bits per heavy atom. The van der Waals surface area contributed by atoms with E-state index in [1.54, 1.807) is 7.05 Å². The second-order valence-electron chi connectivity index (χ2n) is 3.13. The molecule has 0 radical (unpaired) electrons. The van der Waals surface area contributed by atoms with E-state index in [-0.39, 0.29) is 12.5 Å². The Morgan fingerprint density at radius 3 is 2.46 bits per heavy atom. The summed E-state index contributed by atoms with van der Waals surface area (Å²) in [5.41, 5.74) is 0. The van der Waals surface area contributed by atoms with Gasteiger partial charge in [-0.2, -0.15) is 0 Å². The highest BCUT2D eigenvalue weighted by Crippen LogP contribution is 1.86. The SMILES string of the molecule is CNC(=O)CNC(=S)NCC(C)C. The minimum atomic E-state index is -0.0753. The van der Waals surface area contributed by atoms with Gasteiger partial charge in [-0.3, -0.25) is 4.79 Å². The van der Waals surface area contributed by atoms with E-state index in [2.05, 4.69) is 29.8 Å². The Balaban J connectivity index is 3.46. The molecule has 0 aliphatic carbocycles. The minimum Gasteiger partial charge on any atom is -0.362 e. The Morgan fingerprint density at radius 1 is 1.38 bits per heavy atom. The van der Waals surface area contributed by atoms with Gasteiger partial charge in [0, 0.05) is 13.6 Å². The van der Waals surface area contributed by atoms with Crippen LogP contribution in [0.4, 0.5) is 0 Å². The third-order valence-corrected chi connectivity index (χ3v) is 1.65. The molecule has 0 unspecified atom stereocenters. The Labute approximate surface area is 84.5 Å². The molecule has 0 aromatic carbocycles. The lowest BCUT2D eigenvalue weighted by Crippen LogP contribution is -2.42. The number of rotatable bonds is 4. The topological polar surface area (TPSA) is 53.2 Å². The number of hydrogen-bond acceptors (Lipinski definition) is 2. The summed E-state index contributed by atoms with van der Waals surface area (Å²) in [6.07, 6.45) is 0. The highest BCUT2D eigenvalue weighted by atomic mass is 32.1. The molecule has 0 spiro atoms. The standard InChI is InChI=1S/C8H17N3OS/c1-6(2)4-10-8(13)11-5-7(12)9-3/h6H,4-5H2,1-3H3,(H,9,12)(H2,10,11,13). The van der Waals surface area contributed by atoms with Crippen LogP contribution in [0.25, 0.3) is 0 Å². The zero-order valence-corrected chi connectivity index (χ0v) is 9.12. The zero-order chi connectivity index (χ0) is 10.3. The van der Waals surface area contributed by atoms with E-state index >= 15 is 0 Å². The number of amides is 1. The van der Waals surface area contributed by atoms with Crippen LogP contribution in [-0.2, 0) is 4.79 Å². The summed E-state index contributed by atoms with van der Waals surface area (Å²) in [5, 5.41) is 8.82. The van der Waals surface area contributed by atoms with E-state index in [4.69, 9.17) is 12.2 Å². The Bertz CT molecular complexity index is 182. The van der Waals surface area contributed by atoms with Crippen LogP contribution in [0, 0.1) is 5.92 Å². The zero-order valence-electron chi connectivity index (χ0n) is 8.31. The van der Waals surface area contributed by atoms with Crippen LogP contribution in [0.3, 0.4) is 0 Å². The van der Waals surface area contributed by atoms with Gasteiger partial charge >= 0.3 is 0 Å². The third kappa shape index (κ3) is 7.52. The lowest BCUT2D eigenvalue weighted by atomic mass is 10.2. The first-order valence-electron chi connectivity index (χ1n) is 4.28. The van der Waals surface area contributed by atoms with Crippen molar-refractivity contribution in [3.63, 3.8) is 0 Å². The van der Waals surface area contributed by atoms with Crippen LogP contribution in [0.1, 0.15) is 13.8 Å². The molecule has 76 valence electrons. The molecule has 5 heteroatoms. The fraction of sp³-hybridized carbons (Fsp3) is 0.750. The van der Waals surface area contributed by atoms with Crippen molar-refractivity contribution in [2.24, 2.45) is 5.92 Å².